The first kappa shape index (κ1) is 15.4. The smallest absolute Gasteiger partial charge is 0.269 e. The van der Waals surface area contributed by atoms with Crippen LogP contribution in [0.15, 0.2) is 35.3 Å². The van der Waals surface area contributed by atoms with E-state index in [0.717, 1.165) is 24.2 Å². The summed E-state index contributed by atoms with van der Waals surface area (Å²) in [5.74, 6) is 0. The van der Waals surface area contributed by atoms with E-state index in [0.29, 0.717) is 17.3 Å². The van der Waals surface area contributed by atoms with Gasteiger partial charge in [0.25, 0.3) is 5.56 Å². The summed E-state index contributed by atoms with van der Waals surface area (Å²) in [5.41, 5.74) is 7.96. The highest BCUT2D eigenvalue weighted by molar-refractivity contribution is 6.30. The highest BCUT2D eigenvalue weighted by atomic mass is 35.5. The van der Waals surface area contributed by atoms with Crippen molar-refractivity contribution in [1.29, 1.82) is 0 Å². The molecule has 0 saturated heterocycles. The van der Waals surface area contributed by atoms with Gasteiger partial charge >= 0.3 is 0 Å². The SMILES string of the molecule is CCCN(C)c1cnn(Cc2ccc(Cl)cc2N)c(=O)c1. The summed E-state index contributed by atoms with van der Waals surface area (Å²) in [4.78, 5) is 14.1. The number of hydrogen-bond acceptors (Lipinski definition) is 4. The molecule has 0 aliphatic heterocycles. The van der Waals surface area contributed by atoms with Crippen molar-refractivity contribution < 1.29 is 0 Å². The molecule has 0 atom stereocenters. The monoisotopic (exact) mass is 306 g/mol. The van der Waals surface area contributed by atoms with E-state index in [-0.39, 0.29) is 5.56 Å². The van der Waals surface area contributed by atoms with Gasteiger partial charge < -0.3 is 10.6 Å². The zero-order valence-corrected chi connectivity index (χ0v) is 13.0. The molecule has 0 aliphatic carbocycles. The molecule has 0 aliphatic rings. The van der Waals surface area contributed by atoms with Gasteiger partial charge in [-0.1, -0.05) is 24.6 Å². The normalized spacial score (nSPS) is 10.6. The minimum absolute atomic E-state index is 0.148. The lowest BCUT2D eigenvalue weighted by atomic mass is 10.2. The Balaban J connectivity index is 2.23. The van der Waals surface area contributed by atoms with Crippen LogP contribution in [0.3, 0.4) is 0 Å². The van der Waals surface area contributed by atoms with Gasteiger partial charge in [-0.25, -0.2) is 4.68 Å². The summed E-state index contributed by atoms with van der Waals surface area (Å²) < 4.78 is 1.39. The largest absolute Gasteiger partial charge is 0.398 e. The van der Waals surface area contributed by atoms with E-state index in [9.17, 15) is 4.79 Å². The average Bonchev–Trinajstić information content (AvgIpc) is 2.44. The van der Waals surface area contributed by atoms with Crippen molar-refractivity contribution >= 4 is 23.0 Å². The van der Waals surface area contributed by atoms with Gasteiger partial charge in [-0.2, -0.15) is 5.10 Å². The molecule has 0 fully saturated rings. The zero-order chi connectivity index (χ0) is 15.4. The van der Waals surface area contributed by atoms with Crippen LogP contribution in [0, 0.1) is 0 Å². The standard InChI is InChI=1S/C15H19ClN4O/c1-3-6-19(2)13-8-15(21)20(18-9-13)10-11-4-5-12(16)7-14(11)17/h4-5,7-9H,3,6,10,17H2,1-2H3. The molecule has 0 bridgehead atoms. The number of aromatic nitrogens is 2. The Hall–Kier alpha value is -2.01. The molecule has 0 saturated carbocycles. The summed E-state index contributed by atoms with van der Waals surface area (Å²) in [6.07, 6.45) is 2.71. The summed E-state index contributed by atoms with van der Waals surface area (Å²) in [5, 5.41) is 4.79. The highest BCUT2D eigenvalue weighted by Gasteiger charge is 2.07. The van der Waals surface area contributed by atoms with Crippen LogP contribution >= 0.6 is 11.6 Å². The van der Waals surface area contributed by atoms with E-state index in [4.69, 9.17) is 17.3 Å². The number of hydrogen-bond donors (Lipinski definition) is 1. The van der Waals surface area contributed by atoms with Gasteiger partial charge in [-0.15, -0.1) is 0 Å². The van der Waals surface area contributed by atoms with Crippen molar-refractivity contribution in [3.05, 3.63) is 51.4 Å². The second kappa shape index (κ2) is 6.63. The molecule has 112 valence electrons. The number of anilines is 2. The molecule has 6 heteroatoms. The van der Waals surface area contributed by atoms with Crippen molar-refractivity contribution in [2.45, 2.75) is 19.9 Å². The van der Waals surface area contributed by atoms with Crippen molar-refractivity contribution in [3.8, 4) is 0 Å². The molecular weight excluding hydrogens is 288 g/mol. The maximum absolute atomic E-state index is 12.1. The van der Waals surface area contributed by atoms with E-state index >= 15 is 0 Å². The van der Waals surface area contributed by atoms with Gasteiger partial charge in [0.05, 0.1) is 18.4 Å². The van der Waals surface area contributed by atoms with Crippen molar-refractivity contribution in [2.24, 2.45) is 0 Å². The van der Waals surface area contributed by atoms with Crippen molar-refractivity contribution in [3.63, 3.8) is 0 Å². The van der Waals surface area contributed by atoms with Gasteiger partial charge in [-0.05, 0) is 24.1 Å². The molecule has 2 rings (SSSR count). The van der Waals surface area contributed by atoms with Crippen LogP contribution in [0.1, 0.15) is 18.9 Å². The number of benzene rings is 1. The fourth-order valence-corrected chi connectivity index (χ4v) is 2.27. The Bertz CT molecular complexity index is 684. The Morgan fingerprint density at radius 3 is 2.76 bits per heavy atom. The first-order valence-corrected chi connectivity index (χ1v) is 7.21. The minimum atomic E-state index is -0.148. The number of nitrogens with zero attached hydrogens (tertiary/aromatic N) is 3. The van der Waals surface area contributed by atoms with Gasteiger partial charge in [0.15, 0.2) is 0 Å². The van der Waals surface area contributed by atoms with Gasteiger partial charge in [0.2, 0.25) is 0 Å². The van der Waals surface area contributed by atoms with Crippen LogP contribution < -0.4 is 16.2 Å². The fourth-order valence-electron chi connectivity index (χ4n) is 2.09. The lowest BCUT2D eigenvalue weighted by Gasteiger charge is -2.18. The predicted molar refractivity (Wildman–Crippen MR) is 87.0 cm³/mol. The molecule has 0 spiro atoms. The third-order valence-electron chi connectivity index (χ3n) is 3.28. The van der Waals surface area contributed by atoms with E-state index in [1.807, 2.05) is 18.0 Å². The quantitative estimate of drug-likeness (QED) is 0.861. The Kier molecular flexibility index (Phi) is 4.85. The maximum atomic E-state index is 12.1. The topological polar surface area (TPSA) is 64.2 Å². The van der Waals surface area contributed by atoms with Crippen LogP contribution in [0.5, 0.6) is 0 Å². The minimum Gasteiger partial charge on any atom is -0.398 e. The van der Waals surface area contributed by atoms with Crippen molar-refractivity contribution in [2.75, 3.05) is 24.2 Å². The first-order valence-electron chi connectivity index (χ1n) is 6.83. The molecule has 0 amide bonds. The number of nitrogen functional groups attached to an aromatic ring is 1. The second-order valence-corrected chi connectivity index (χ2v) is 5.41. The molecule has 1 aromatic carbocycles. The molecule has 0 radical (unpaired) electrons. The van der Waals surface area contributed by atoms with Crippen LogP contribution in [0.25, 0.3) is 0 Å². The molecule has 0 unspecified atom stereocenters. The summed E-state index contributed by atoms with van der Waals surface area (Å²) in [7, 11) is 1.95. The zero-order valence-electron chi connectivity index (χ0n) is 12.2. The predicted octanol–water partition coefficient (Wildman–Crippen LogP) is 2.37. The lowest BCUT2D eigenvalue weighted by molar-refractivity contribution is 0.638. The van der Waals surface area contributed by atoms with E-state index in [2.05, 4.69) is 12.0 Å². The Morgan fingerprint density at radius 2 is 2.14 bits per heavy atom. The third kappa shape index (κ3) is 3.76. The van der Waals surface area contributed by atoms with Crippen LogP contribution in [-0.2, 0) is 6.54 Å². The Labute approximate surface area is 128 Å². The maximum Gasteiger partial charge on any atom is 0.269 e. The molecule has 1 aromatic heterocycles. The molecular formula is C15H19ClN4O. The van der Waals surface area contributed by atoms with E-state index in [1.165, 1.54) is 4.68 Å². The third-order valence-corrected chi connectivity index (χ3v) is 3.52. The average molecular weight is 307 g/mol. The summed E-state index contributed by atoms with van der Waals surface area (Å²) in [6, 6.07) is 6.82. The van der Waals surface area contributed by atoms with Crippen LogP contribution in [0.4, 0.5) is 11.4 Å². The molecule has 2 N–H and O–H groups in total. The van der Waals surface area contributed by atoms with E-state index < -0.39 is 0 Å². The lowest BCUT2D eigenvalue weighted by Crippen LogP contribution is -2.26. The summed E-state index contributed by atoms with van der Waals surface area (Å²) in [6.45, 7) is 3.31. The first-order chi connectivity index (χ1) is 10.0. The number of halogens is 1. The molecule has 5 nitrogen and oxygen atoms in total. The van der Waals surface area contributed by atoms with Gasteiger partial charge in [0.1, 0.15) is 0 Å². The van der Waals surface area contributed by atoms with Crippen molar-refractivity contribution in [1.82, 2.24) is 9.78 Å². The molecule has 1 heterocycles. The molecule has 2 aromatic rings. The van der Waals surface area contributed by atoms with Crippen LogP contribution in [-0.4, -0.2) is 23.4 Å². The Morgan fingerprint density at radius 1 is 1.38 bits per heavy atom. The second-order valence-electron chi connectivity index (χ2n) is 4.97. The van der Waals surface area contributed by atoms with Gasteiger partial charge in [-0.3, -0.25) is 4.79 Å². The molecule has 21 heavy (non-hydrogen) atoms. The number of nitrogens with two attached hydrogens (primary N) is 1. The summed E-state index contributed by atoms with van der Waals surface area (Å²) >= 11 is 5.87. The number of rotatable bonds is 5. The highest BCUT2D eigenvalue weighted by Crippen LogP contribution is 2.18. The fraction of sp³-hybridized carbons (Fsp3) is 0.333. The van der Waals surface area contributed by atoms with E-state index in [1.54, 1.807) is 24.4 Å². The van der Waals surface area contributed by atoms with Gasteiger partial charge in [0, 0.05) is 30.4 Å². The van der Waals surface area contributed by atoms with Crippen LogP contribution in [0.2, 0.25) is 5.02 Å².